The molecule has 1 atom stereocenters. The summed E-state index contributed by atoms with van der Waals surface area (Å²) in [5.74, 6) is 0.814. The molecule has 56 valence electrons. The molecule has 0 saturated carbocycles. The van der Waals surface area contributed by atoms with Gasteiger partial charge in [-0.15, -0.1) is 11.8 Å². The van der Waals surface area contributed by atoms with Gasteiger partial charge in [0.15, 0.2) is 0 Å². The van der Waals surface area contributed by atoms with Crippen LogP contribution in [-0.4, -0.2) is 5.25 Å². The first-order valence-electron chi connectivity index (χ1n) is 3.78. The average molecular weight is 154 g/mol. The van der Waals surface area contributed by atoms with E-state index in [4.69, 9.17) is 0 Å². The molecule has 0 aromatic heterocycles. The maximum Gasteiger partial charge on any atom is 0.0273 e. The van der Waals surface area contributed by atoms with Crippen LogP contribution in [0.15, 0.2) is 23.6 Å². The van der Waals surface area contributed by atoms with Crippen LogP contribution in [0.5, 0.6) is 0 Å². The monoisotopic (exact) mass is 154 g/mol. The Kier molecular flexibility index (Phi) is 3.07. The molecule has 1 heterocycles. The highest BCUT2D eigenvalue weighted by Gasteiger charge is 2.06. The summed E-state index contributed by atoms with van der Waals surface area (Å²) < 4.78 is 0. The fourth-order valence-corrected chi connectivity index (χ4v) is 2.08. The summed E-state index contributed by atoms with van der Waals surface area (Å²) in [6, 6.07) is 0. The van der Waals surface area contributed by atoms with Crippen LogP contribution in [0.2, 0.25) is 0 Å². The summed E-state index contributed by atoms with van der Waals surface area (Å²) in [6.07, 6.45) is 7.82. The highest BCUT2D eigenvalue weighted by Crippen LogP contribution is 2.23. The van der Waals surface area contributed by atoms with Crippen molar-refractivity contribution in [2.24, 2.45) is 5.92 Å². The molecule has 0 aliphatic carbocycles. The Morgan fingerprint density at radius 2 is 2.20 bits per heavy atom. The minimum Gasteiger partial charge on any atom is -0.127 e. The first-order chi connectivity index (χ1) is 4.79. The Morgan fingerprint density at radius 1 is 1.40 bits per heavy atom. The van der Waals surface area contributed by atoms with Gasteiger partial charge in [-0.2, -0.15) is 0 Å². The first-order valence-corrected chi connectivity index (χ1v) is 4.72. The molecule has 1 aliphatic heterocycles. The maximum absolute atomic E-state index is 2.28. The zero-order valence-corrected chi connectivity index (χ0v) is 7.40. The van der Waals surface area contributed by atoms with E-state index in [1.54, 1.807) is 0 Å². The third-order valence-corrected chi connectivity index (χ3v) is 2.49. The number of hydrogen-bond acceptors (Lipinski definition) is 1. The van der Waals surface area contributed by atoms with E-state index in [0.717, 1.165) is 11.2 Å². The van der Waals surface area contributed by atoms with E-state index >= 15 is 0 Å². The topological polar surface area (TPSA) is 0 Å². The summed E-state index contributed by atoms with van der Waals surface area (Å²) in [7, 11) is 0. The van der Waals surface area contributed by atoms with Gasteiger partial charge in [0.1, 0.15) is 0 Å². The van der Waals surface area contributed by atoms with Gasteiger partial charge in [-0.25, -0.2) is 0 Å². The van der Waals surface area contributed by atoms with Crippen molar-refractivity contribution < 1.29 is 0 Å². The Bertz CT molecular complexity index is 145. The molecule has 0 amide bonds. The zero-order chi connectivity index (χ0) is 7.40. The quantitative estimate of drug-likeness (QED) is 0.588. The Morgan fingerprint density at radius 3 is 2.70 bits per heavy atom. The third-order valence-electron chi connectivity index (χ3n) is 1.47. The Labute approximate surface area is 67.4 Å². The first kappa shape index (κ1) is 7.93. The summed E-state index contributed by atoms with van der Waals surface area (Å²) >= 11 is 1.92. The van der Waals surface area contributed by atoms with Crippen LogP contribution >= 0.6 is 11.8 Å². The predicted octanol–water partition coefficient (Wildman–Crippen LogP) is 3.22. The van der Waals surface area contributed by atoms with E-state index < -0.39 is 0 Å². The molecule has 0 bridgehead atoms. The average Bonchev–Trinajstić information content (AvgIpc) is 1.88. The van der Waals surface area contributed by atoms with Crippen LogP contribution in [0.25, 0.3) is 0 Å². The number of allylic oxidation sites excluding steroid dienone is 2. The van der Waals surface area contributed by atoms with E-state index in [1.807, 2.05) is 11.8 Å². The van der Waals surface area contributed by atoms with Crippen molar-refractivity contribution in [2.75, 3.05) is 0 Å². The van der Waals surface area contributed by atoms with Crippen LogP contribution in [0, 0.1) is 5.92 Å². The molecule has 0 saturated heterocycles. The molecule has 0 spiro atoms. The van der Waals surface area contributed by atoms with E-state index in [2.05, 4.69) is 37.5 Å². The Balaban J connectivity index is 2.30. The number of hydrogen-bond donors (Lipinski definition) is 0. The molecule has 1 aliphatic rings. The fraction of sp³-hybridized carbons (Fsp3) is 0.556. The minimum absolute atomic E-state index is 0.727. The Hall–Kier alpha value is -0.170. The van der Waals surface area contributed by atoms with Gasteiger partial charge in [-0.05, 0) is 17.7 Å². The molecule has 0 N–H and O–H groups in total. The van der Waals surface area contributed by atoms with E-state index in [0.29, 0.717) is 0 Å². The van der Waals surface area contributed by atoms with E-state index in [-0.39, 0.29) is 0 Å². The smallest absolute Gasteiger partial charge is 0.0273 e. The van der Waals surface area contributed by atoms with Gasteiger partial charge in [0.25, 0.3) is 0 Å². The van der Waals surface area contributed by atoms with E-state index in [9.17, 15) is 0 Å². The lowest BCUT2D eigenvalue weighted by Crippen LogP contribution is -2.03. The second-order valence-corrected chi connectivity index (χ2v) is 4.17. The van der Waals surface area contributed by atoms with Crippen LogP contribution < -0.4 is 0 Å². The summed E-state index contributed by atoms with van der Waals surface area (Å²) in [5, 5.41) is 2.90. The van der Waals surface area contributed by atoms with Gasteiger partial charge in [0.05, 0.1) is 0 Å². The molecule has 1 unspecified atom stereocenters. The van der Waals surface area contributed by atoms with Crippen LogP contribution in [0.1, 0.15) is 20.3 Å². The summed E-state index contributed by atoms with van der Waals surface area (Å²) in [6.45, 7) is 4.54. The maximum atomic E-state index is 2.28. The second-order valence-electron chi connectivity index (χ2n) is 3.02. The number of rotatable bonds is 2. The molecular weight excluding hydrogens is 140 g/mol. The van der Waals surface area contributed by atoms with Gasteiger partial charge in [-0.3, -0.25) is 0 Å². The predicted molar refractivity (Wildman–Crippen MR) is 49.1 cm³/mol. The molecule has 1 rings (SSSR count). The van der Waals surface area contributed by atoms with Crippen molar-refractivity contribution in [1.29, 1.82) is 0 Å². The zero-order valence-electron chi connectivity index (χ0n) is 6.58. The number of thioether (sulfide) groups is 1. The second kappa shape index (κ2) is 3.87. The molecule has 0 radical (unpaired) electrons. The molecule has 10 heavy (non-hydrogen) atoms. The van der Waals surface area contributed by atoms with Crippen molar-refractivity contribution in [3.8, 4) is 0 Å². The summed E-state index contributed by atoms with van der Waals surface area (Å²) in [4.78, 5) is 0. The molecule has 0 nitrogen and oxygen atoms in total. The van der Waals surface area contributed by atoms with Crippen molar-refractivity contribution in [3.63, 3.8) is 0 Å². The minimum atomic E-state index is 0.727. The molecule has 0 aromatic carbocycles. The van der Waals surface area contributed by atoms with Gasteiger partial charge in [0.2, 0.25) is 0 Å². The standard InChI is InChI=1S/C9H14S/c1-8(2)7-9-5-3-4-6-10-9/h3-6,8-9H,7H2,1-2H3. The molecule has 0 aromatic rings. The summed E-state index contributed by atoms with van der Waals surface area (Å²) in [5.41, 5.74) is 0. The van der Waals surface area contributed by atoms with Gasteiger partial charge in [0, 0.05) is 5.25 Å². The molecule has 0 fully saturated rings. The van der Waals surface area contributed by atoms with Gasteiger partial charge >= 0.3 is 0 Å². The highest BCUT2D eigenvalue weighted by atomic mass is 32.2. The molecule has 1 heteroatoms. The van der Waals surface area contributed by atoms with Crippen molar-refractivity contribution in [3.05, 3.63) is 23.6 Å². The lowest BCUT2D eigenvalue weighted by atomic mass is 10.1. The van der Waals surface area contributed by atoms with Gasteiger partial charge in [-0.1, -0.05) is 32.1 Å². The normalized spacial score (nSPS) is 24.1. The largest absolute Gasteiger partial charge is 0.127 e. The fourth-order valence-electron chi connectivity index (χ4n) is 1.02. The van der Waals surface area contributed by atoms with Crippen LogP contribution in [0.4, 0.5) is 0 Å². The van der Waals surface area contributed by atoms with Crippen molar-refractivity contribution >= 4 is 11.8 Å². The van der Waals surface area contributed by atoms with Crippen LogP contribution in [0.3, 0.4) is 0 Å². The van der Waals surface area contributed by atoms with E-state index in [1.165, 1.54) is 6.42 Å². The van der Waals surface area contributed by atoms with Crippen molar-refractivity contribution in [1.82, 2.24) is 0 Å². The van der Waals surface area contributed by atoms with Crippen LogP contribution in [-0.2, 0) is 0 Å². The lowest BCUT2D eigenvalue weighted by molar-refractivity contribution is 0.602. The molecular formula is C9H14S. The SMILES string of the molecule is CC(C)CC1C=CC=CS1. The van der Waals surface area contributed by atoms with Gasteiger partial charge < -0.3 is 0 Å². The van der Waals surface area contributed by atoms with Crippen molar-refractivity contribution in [2.45, 2.75) is 25.5 Å². The highest BCUT2D eigenvalue weighted by molar-refractivity contribution is 8.02. The third kappa shape index (κ3) is 2.61. The lowest BCUT2D eigenvalue weighted by Gasteiger charge is -2.13.